The van der Waals surface area contributed by atoms with Crippen LogP contribution in [-0.2, 0) is 6.42 Å². The van der Waals surface area contributed by atoms with E-state index in [1.807, 2.05) is 30.3 Å². The van der Waals surface area contributed by atoms with Gasteiger partial charge in [0.2, 0.25) is 0 Å². The fourth-order valence-corrected chi connectivity index (χ4v) is 2.38. The van der Waals surface area contributed by atoms with Crippen LogP contribution in [0.25, 0.3) is 0 Å². The number of nitriles is 1. The molecule has 0 bridgehead atoms. The number of rotatable bonds is 3. The quantitative estimate of drug-likeness (QED) is 0.930. The Morgan fingerprint density at radius 2 is 2.10 bits per heavy atom. The number of fused-ring (bicyclic) bond motifs is 1. The number of nitrogens with one attached hydrogen (secondary N) is 1. The lowest BCUT2D eigenvalue weighted by Crippen LogP contribution is -2.24. The standard InChI is InChI=1S/C16H13FN2O/c17-14-5-3-6-15(13(14)9-18)19-10-12-8-11-4-1-2-7-16(11)20-12/h1-7,12,19H,8,10H2. The van der Waals surface area contributed by atoms with Gasteiger partial charge in [0.15, 0.2) is 0 Å². The van der Waals surface area contributed by atoms with Crippen LogP contribution < -0.4 is 10.1 Å². The summed E-state index contributed by atoms with van der Waals surface area (Å²) in [5, 5.41) is 12.1. The van der Waals surface area contributed by atoms with Crippen LogP contribution >= 0.6 is 0 Å². The number of hydrogen-bond donors (Lipinski definition) is 1. The molecule has 0 saturated carbocycles. The maximum absolute atomic E-state index is 13.5. The molecule has 0 aliphatic carbocycles. The third-order valence-corrected chi connectivity index (χ3v) is 3.36. The first-order chi connectivity index (χ1) is 9.78. The van der Waals surface area contributed by atoms with Gasteiger partial charge in [-0.05, 0) is 23.8 Å². The monoisotopic (exact) mass is 268 g/mol. The van der Waals surface area contributed by atoms with Crippen molar-refractivity contribution in [2.45, 2.75) is 12.5 Å². The maximum Gasteiger partial charge on any atom is 0.143 e. The Balaban J connectivity index is 1.68. The van der Waals surface area contributed by atoms with E-state index in [4.69, 9.17) is 10.00 Å². The maximum atomic E-state index is 13.5. The minimum Gasteiger partial charge on any atom is -0.488 e. The lowest BCUT2D eigenvalue weighted by Gasteiger charge is -2.14. The van der Waals surface area contributed by atoms with Crippen molar-refractivity contribution in [3.63, 3.8) is 0 Å². The molecule has 0 saturated heterocycles. The van der Waals surface area contributed by atoms with Gasteiger partial charge in [-0.2, -0.15) is 5.26 Å². The van der Waals surface area contributed by atoms with E-state index in [0.29, 0.717) is 12.2 Å². The van der Waals surface area contributed by atoms with Gasteiger partial charge < -0.3 is 10.1 Å². The molecular formula is C16H13FN2O. The lowest BCUT2D eigenvalue weighted by atomic mass is 10.1. The first-order valence-electron chi connectivity index (χ1n) is 6.45. The van der Waals surface area contributed by atoms with Gasteiger partial charge in [-0.3, -0.25) is 0 Å². The topological polar surface area (TPSA) is 45.0 Å². The van der Waals surface area contributed by atoms with E-state index in [1.165, 1.54) is 11.6 Å². The molecule has 3 rings (SSSR count). The Kier molecular flexibility index (Phi) is 3.26. The Morgan fingerprint density at radius 1 is 1.25 bits per heavy atom. The molecule has 1 unspecified atom stereocenters. The molecular weight excluding hydrogens is 255 g/mol. The van der Waals surface area contributed by atoms with E-state index in [-0.39, 0.29) is 11.7 Å². The van der Waals surface area contributed by atoms with Crippen LogP contribution in [0, 0.1) is 17.1 Å². The normalized spacial score (nSPS) is 16.1. The SMILES string of the molecule is N#Cc1c(F)cccc1NCC1Cc2ccccc2O1. The molecule has 0 radical (unpaired) electrons. The molecule has 2 aromatic carbocycles. The summed E-state index contributed by atoms with van der Waals surface area (Å²) in [6.45, 7) is 0.535. The van der Waals surface area contributed by atoms with Crippen LogP contribution in [-0.4, -0.2) is 12.6 Å². The van der Waals surface area contributed by atoms with E-state index in [1.54, 1.807) is 12.1 Å². The van der Waals surface area contributed by atoms with Gasteiger partial charge in [0, 0.05) is 6.42 Å². The molecule has 1 aliphatic heterocycles. The summed E-state index contributed by atoms with van der Waals surface area (Å²) in [7, 11) is 0. The minimum absolute atomic E-state index is 0.00205. The number of hydrogen-bond acceptors (Lipinski definition) is 3. The fraction of sp³-hybridized carbons (Fsp3) is 0.188. The second-order valence-corrected chi connectivity index (χ2v) is 4.71. The molecule has 0 spiro atoms. The van der Waals surface area contributed by atoms with E-state index in [9.17, 15) is 4.39 Å². The molecule has 0 aromatic heterocycles. The summed E-state index contributed by atoms with van der Waals surface area (Å²) in [4.78, 5) is 0. The van der Waals surface area contributed by atoms with Gasteiger partial charge in [0.1, 0.15) is 29.3 Å². The largest absolute Gasteiger partial charge is 0.488 e. The molecule has 0 fully saturated rings. The van der Waals surface area contributed by atoms with Crippen molar-refractivity contribution in [3.8, 4) is 11.8 Å². The first-order valence-corrected chi connectivity index (χ1v) is 6.45. The van der Waals surface area contributed by atoms with Crippen LogP contribution in [0.1, 0.15) is 11.1 Å². The average molecular weight is 268 g/mol. The highest BCUT2D eigenvalue weighted by atomic mass is 19.1. The summed E-state index contributed by atoms with van der Waals surface area (Å²) >= 11 is 0. The molecule has 0 amide bonds. The van der Waals surface area contributed by atoms with E-state index in [0.717, 1.165) is 12.2 Å². The van der Waals surface area contributed by atoms with Gasteiger partial charge in [-0.25, -0.2) is 4.39 Å². The molecule has 2 aromatic rings. The number of halogens is 1. The van der Waals surface area contributed by atoms with E-state index < -0.39 is 5.82 Å². The van der Waals surface area contributed by atoms with Gasteiger partial charge >= 0.3 is 0 Å². The van der Waals surface area contributed by atoms with Crippen molar-refractivity contribution < 1.29 is 9.13 Å². The zero-order valence-corrected chi connectivity index (χ0v) is 10.8. The summed E-state index contributed by atoms with van der Waals surface area (Å²) in [6, 6.07) is 14.4. The Bertz CT molecular complexity index is 653. The second-order valence-electron chi connectivity index (χ2n) is 4.71. The third-order valence-electron chi connectivity index (χ3n) is 3.36. The van der Waals surface area contributed by atoms with Crippen molar-refractivity contribution in [1.82, 2.24) is 0 Å². The van der Waals surface area contributed by atoms with Crippen LogP contribution in [0.3, 0.4) is 0 Å². The fourth-order valence-electron chi connectivity index (χ4n) is 2.38. The summed E-state index contributed by atoms with van der Waals surface area (Å²) in [6.07, 6.45) is 0.822. The minimum atomic E-state index is -0.506. The van der Waals surface area contributed by atoms with Crippen LogP contribution in [0.4, 0.5) is 10.1 Å². The molecule has 1 aliphatic rings. The Labute approximate surface area is 116 Å². The highest BCUT2D eigenvalue weighted by molar-refractivity contribution is 5.58. The zero-order chi connectivity index (χ0) is 13.9. The van der Waals surface area contributed by atoms with Gasteiger partial charge in [0.25, 0.3) is 0 Å². The number of ether oxygens (including phenoxy) is 1. The van der Waals surface area contributed by atoms with Crippen molar-refractivity contribution in [2.75, 3.05) is 11.9 Å². The Morgan fingerprint density at radius 3 is 2.90 bits per heavy atom. The number of nitrogens with zero attached hydrogens (tertiary/aromatic N) is 1. The van der Waals surface area contributed by atoms with Crippen LogP contribution in [0.2, 0.25) is 0 Å². The van der Waals surface area contributed by atoms with Crippen LogP contribution in [0.5, 0.6) is 5.75 Å². The van der Waals surface area contributed by atoms with Gasteiger partial charge in [-0.1, -0.05) is 24.3 Å². The average Bonchev–Trinajstić information content (AvgIpc) is 2.88. The molecule has 1 heterocycles. The molecule has 1 N–H and O–H groups in total. The van der Waals surface area contributed by atoms with Crippen molar-refractivity contribution in [2.24, 2.45) is 0 Å². The van der Waals surface area contributed by atoms with Crippen molar-refractivity contribution in [3.05, 3.63) is 59.4 Å². The van der Waals surface area contributed by atoms with Crippen molar-refractivity contribution >= 4 is 5.69 Å². The molecule has 100 valence electrons. The highest BCUT2D eigenvalue weighted by Crippen LogP contribution is 2.28. The summed E-state index contributed by atoms with van der Waals surface area (Å²) < 4.78 is 19.3. The summed E-state index contributed by atoms with van der Waals surface area (Å²) in [5.41, 5.74) is 1.73. The molecule has 20 heavy (non-hydrogen) atoms. The second kappa shape index (κ2) is 5.22. The third kappa shape index (κ3) is 2.30. The van der Waals surface area contributed by atoms with Gasteiger partial charge in [0.05, 0.1) is 12.2 Å². The predicted molar refractivity (Wildman–Crippen MR) is 74.2 cm³/mol. The predicted octanol–water partition coefficient (Wildman–Crippen LogP) is 3.11. The molecule has 4 heteroatoms. The van der Waals surface area contributed by atoms with Crippen LogP contribution in [0.15, 0.2) is 42.5 Å². The van der Waals surface area contributed by atoms with Gasteiger partial charge in [-0.15, -0.1) is 0 Å². The first kappa shape index (κ1) is 12.5. The number of para-hydroxylation sites is 1. The molecule has 1 atom stereocenters. The van der Waals surface area contributed by atoms with E-state index >= 15 is 0 Å². The smallest absolute Gasteiger partial charge is 0.143 e. The van der Waals surface area contributed by atoms with Crippen molar-refractivity contribution in [1.29, 1.82) is 5.26 Å². The number of benzene rings is 2. The summed E-state index contributed by atoms with van der Waals surface area (Å²) in [5.74, 6) is 0.396. The lowest BCUT2D eigenvalue weighted by molar-refractivity contribution is 0.246. The van der Waals surface area contributed by atoms with E-state index in [2.05, 4.69) is 5.32 Å². The Hall–Kier alpha value is -2.54. The zero-order valence-electron chi connectivity index (χ0n) is 10.8. The molecule has 3 nitrogen and oxygen atoms in total. The number of anilines is 1. The highest BCUT2D eigenvalue weighted by Gasteiger charge is 2.22.